The van der Waals surface area contributed by atoms with Gasteiger partial charge in [-0.1, -0.05) is 13.8 Å². The van der Waals surface area contributed by atoms with Crippen LogP contribution in [0.1, 0.15) is 36.2 Å². The molecule has 0 aliphatic rings. The number of benzene rings is 1. The average molecular weight is 426 g/mol. The number of hydrogen-bond donors (Lipinski definition) is 0. The fraction of sp³-hybridized carbons (Fsp3) is 0.409. The standard InChI is InChI=1S/C22H23F5N2O/c1-13(2)21(23,24)12-29-8-6-17-19(28-7-5-20(17)29)11-18-14(3)9-16(10-15(18)4)30-22(25,26)27/h5-10,13H,11-12H2,1-4H3. The molecule has 2 aromatic heterocycles. The third-order valence-electron chi connectivity index (χ3n) is 5.25. The normalized spacial score (nSPS) is 12.7. The van der Waals surface area contributed by atoms with E-state index in [9.17, 15) is 22.0 Å². The number of nitrogens with zero attached hydrogens (tertiary/aromatic N) is 2. The van der Waals surface area contributed by atoms with Crippen molar-refractivity contribution in [1.29, 1.82) is 0 Å². The summed E-state index contributed by atoms with van der Waals surface area (Å²) in [5.74, 6) is -3.91. The van der Waals surface area contributed by atoms with E-state index in [1.54, 1.807) is 38.4 Å². The molecule has 0 fully saturated rings. The van der Waals surface area contributed by atoms with Gasteiger partial charge in [-0.3, -0.25) is 4.98 Å². The summed E-state index contributed by atoms with van der Waals surface area (Å²) >= 11 is 0. The van der Waals surface area contributed by atoms with E-state index in [2.05, 4.69) is 9.72 Å². The Labute approximate surface area is 171 Å². The molecule has 0 saturated carbocycles. The molecular formula is C22H23F5N2O. The number of aromatic nitrogens is 2. The highest BCUT2D eigenvalue weighted by Gasteiger charge is 2.34. The smallest absolute Gasteiger partial charge is 0.406 e. The van der Waals surface area contributed by atoms with Gasteiger partial charge in [0.2, 0.25) is 0 Å². The zero-order valence-corrected chi connectivity index (χ0v) is 17.1. The van der Waals surface area contributed by atoms with Crippen LogP contribution >= 0.6 is 0 Å². The Hall–Kier alpha value is -2.64. The first-order valence-corrected chi connectivity index (χ1v) is 9.54. The number of ether oxygens (including phenoxy) is 1. The molecule has 0 spiro atoms. The summed E-state index contributed by atoms with van der Waals surface area (Å²) in [6, 6.07) is 6.11. The number of pyridine rings is 1. The highest BCUT2D eigenvalue weighted by atomic mass is 19.4. The molecule has 0 amide bonds. The van der Waals surface area contributed by atoms with Gasteiger partial charge in [0.05, 0.1) is 17.8 Å². The van der Waals surface area contributed by atoms with Gasteiger partial charge in [-0.15, -0.1) is 13.2 Å². The Kier molecular flexibility index (Phi) is 5.80. The molecule has 0 aliphatic carbocycles. The minimum absolute atomic E-state index is 0.269. The number of halogens is 5. The Morgan fingerprint density at radius 2 is 1.67 bits per heavy atom. The molecule has 0 N–H and O–H groups in total. The van der Waals surface area contributed by atoms with Crippen LogP contribution in [0, 0.1) is 19.8 Å². The van der Waals surface area contributed by atoms with Gasteiger partial charge in [-0.2, -0.15) is 0 Å². The van der Waals surface area contributed by atoms with E-state index in [0.717, 1.165) is 10.9 Å². The molecule has 0 unspecified atom stereocenters. The van der Waals surface area contributed by atoms with E-state index in [1.807, 2.05) is 0 Å². The molecule has 3 rings (SSSR count). The second-order valence-corrected chi connectivity index (χ2v) is 7.81. The third-order valence-corrected chi connectivity index (χ3v) is 5.25. The fourth-order valence-corrected chi connectivity index (χ4v) is 3.46. The number of rotatable bonds is 6. The van der Waals surface area contributed by atoms with Crippen LogP contribution in [-0.4, -0.2) is 21.8 Å². The molecule has 3 aromatic rings. The second-order valence-electron chi connectivity index (χ2n) is 7.81. The Morgan fingerprint density at radius 1 is 1.03 bits per heavy atom. The molecular weight excluding hydrogens is 403 g/mol. The first kappa shape index (κ1) is 22.1. The Morgan fingerprint density at radius 3 is 2.23 bits per heavy atom. The average Bonchev–Trinajstić information content (AvgIpc) is 2.99. The molecule has 0 bridgehead atoms. The van der Waals surface area contributed by atoms with Gasteiger partial charge in [-0.25, -0.2) is 8.78 Å². The molecule has 0 atom stereocenters. The van der Waals surface area contributed by atoms with Crippen molar-refractivity contribution in [3.05, 3.63) is 59.0 Å². The molecule has 2 heterocycles. The molecule has 1 aromatic carbocycles. The number of fused-ring (bicyclic) bond motifs is 1. The van der Waals surface area contributed by atoms with Gasteiger partial charge in [0.15, 0.2) is 0 Å². The van der Waals surface area contributed by atoms with Crippen LogP contribution in [-0.2, 0) is 13.0 Å². The zero-order chi connectivity index (χ0) is 22.3. The quantitative estimate of drug-likeness (QED) is 0.425. The van der Waals surface area contributed by atoms with E-state index < -0.39 is 24.7 Å². The van der Waals surface area contributed by atoms with Gasteiger partial charge in [0, 0.05) is 30.1 Å². The van der Waals surface area contributed by atoms with Crippen molar-refractivity contribution in [2.45, 2.75) is 52.9 Å². The predicted octanol–water partition coefficient (Wildman–Crippen LogP) is 6.43. The van der Waals surface area contributed by atoms with Crippen LogP contribution in [0.3, 0.4) is 0 Å². The van der Waals surface area contributed by atoms with E-state index in [1.165, 1.54) is 30.5 Å². The highest BCUT2D eigenvalue weighted by Crippen LogP contribution is 2.31. The van der Waals surface area contributed by atoms with Crippen molar-refractivity contribution in [3.63, 3.8) is 0 Å². The monoisotopic (exact) mass is 426 g/mol. The van der Waals surface area contributed by atoms with Crippen LogP contribution in [0.5, 0.6) is 5.75 Å². The Balaban J connectivity index is 1.94. The lowest BCUT2D eigenvalue weighted by atomic mass is 9.97. The van der Waals surface area contributed by atoms with Crippen molar-refractivity contribution >= 4 is 10.9 Å². The lowest BCUT2D eigenvalue weighted by Crippen LogP contribution is -2.29. The third kappa shape index (κ3) is 4.74. The molecule has 162 valence electrons. The maximum absolute atomic E-state index is 14.2. The summed E-state index contributed by atoms with van der Waals surface area (Å²) in [5.41, 5.74) is 3.42. The predicted molar refractivity (Wildman–Crippen MR) is 105 cm³/mol. The summed E-state index contributed by atoms with van der Waals surface area (Å²) in [6.45, 7) is 5.95. The van der Waals surface area contributed by atoms with Crippen LogP contribution in [0.2, 0.25) is 0 Å². The van der Waals surface area contributed by atoms with E-state index in [4.69, 9.17) is 0 Å². The van der Waals surface area contributed by atoms with Crippen LogP contribution in [0.4, 0.5) is 22.0 Å². The maximum Gasteiger partial charge on any atom is 0.573 e. The fourth-order valence-electron chi connectivity index (χ4n) is 3.46. The minimum atomic E-state index is -4.76. The van der Waals surface area contributed by atoms with Crippen molar-refractivity contribution in [1.82, 2.24) is 9.55 Å². The molecule has 30 heavy (non-hydrogen) atoms. The first-order valence-electron chi connectivity index (χ1n) is 9.54. The summed E-state index contributed by atoms with van der Waals surface area (Å²) < 4.78 is 71.5. The SMILES string of the molecule is Cc1cc(OC(F)(F)F)cc(C)c1Cc1nccc2c1ccn2CC(F)(F)C(C)C. The van der Waals surface area contributed by atoms with Crippen LogP contribution in [0.25, 0.3) is 10.9 Å². The van der Waals surface area contributed by atoms with Crippen molar-refractivity contribution < 1.29 is 26.7 Å². The van der Waals surface area contributed by atoms with Gasteiger partial charge >= 0.3 is 6.36 Å². The molecule has 0 aliphatic heterocycles. The van der Waals surface area contributed by atoms with E-state index in [0.29, 0.717) is 28.8 Å². The van der Waals surface area contributed by atoms with Crippen molar-refractivity contribution in [3.8, 4) is 5.75 Å². The molecule has 0 radical (unpaired) electrons. The lowest BCUT2D eigenvalue weighted by molar-refractivity contribution is -0.274. The van der Waals surface area contributed by atoms with Crippen LogP contribution < -0.4 is 4.74 Å². The Bertz CT molecular complexity index is 1030. The molecule has 3 nitrogen and oxygen atoms in total. The summed E-state index contributed by atoms with van der Waals surface area (Å²) in [6.07, 6.45) is -1.21. The van der Waals surface area contributed by atoms with Gasteiger partial charge in [0.1, 0.15) is 5.75 Å². The lowest BCUT2D eigenvalue weighted by Gasteiger charge is -2.21. The van der Waals surface area contributed by atoms with Gasteiger partial charge < -0.3 is 9.30 Å². The van der Waals surface area contributed by atoms with Crippen molar-refractivity contribution in [2.24, 2.45) is 5.92 Å². The van der Waals surface area contributed by atoms with Crippen molar-refractivity contribution in [2.75, 3.05) is 0 Å². The first-order chi connectivity index (χ1) is 13.9. The zero-order valence-electron chi connectivity index (χ0n) is 17.1. The molecule has 8 heteroatoms. The summed E-state index contributed by atoms with van der Waals surface area (Å²) in [4.78, 5) is 4.40. The number of aryl methyl sites for hydroxylation is 2. The van der Waals surface area contributed by atoms with Gasteiger partial charge in [-0.05, 0) is 54.8 Å². The summed E-state index contributed by atoms with van der Waals surface area (Å²) in [5, 5.41) is 0.742. The van der Waals surface area contributed by atoms with E-state index in [-0.39, 0.29) is 5.75 Å². The number of hydrogen-bond acceptors (Lipinski definition) is 2. The second kappa shape index (κ2) is 7.89. The molecule has 0 saturated heterocycles. The number of alkyl halides is 5. The van der Waals surface area contributed by atoms with Crippen LogP contribution in [0.15, 0.2) is 36.7 Å². The van der Waals surface area contributed by atoms with E-state index >= 15 is 0 Å². The van der Waals surface area contributed by atoms with Gasteiger partial charge in [0.25, 0.3) is 5.92 Å². The summed E-state index contributed by atoms with van der Waals surface area (Å²) in [7, 11) is 0. The topological polar surface area (TPSA) is 27.1 Å². The highest BCUT2D eigenvalue weighted by molar-refractivity contribution is 5.82. The largest absolute Gasteiger partial charge is 0.573 e. The maximum atomic E-state index is 14.2. The minimum Gasteiger partial charge on any atom is -0.406 e.